The van der Waals surface area contributed by atoms with E-state index in [-0.39, 0.29) is 11.9 Å². The van der Waals surface area contributed by atoms with E-state index in [9.17, 15) is 4.39 Å². The molecule has 1 heterocycles. The third-order valence-corrected chi connectivity index (χ3v) is 4.73. The molecule has 0 aromatic heterocycles. The monoisotopic (exact) mass is 253 g/mol. The standard InChI is InChI=1S/C14H20FNS/c1-9-6-10(2)13(12(15)7-9)14(16-3)11-4-5-17-8-11/h6-7,11,14,16H,4-5,8H2,1-3H3. The molecular formula is C14H20FNS. The first-order valence-corrected chi connectivity index (χ1v) is 7.30. The Morgan fingerprint density at radius 2 is 2.18 bits per heavy atom. The number of hydrogen-bond donors (Lipinski definition) is 1. The van der Waals surface area contributed by atoms with Gasteiger partial charge in [0.15, 0.2) is 0 Å². The van der Waals surface area contributed by atoms with Crippen LogP contribution >= 0.6 is 11.8 Å². The molecule has 1 aliphatic heterocycles. The third kappa shape index (κ3) is 2.66. The second-order valence-electron chi connectivity index (χ2n) is 4.87. The molecule has 0 aliphatic carbocycles. The largest absolute Gasteiger partial charge is 0.313 e. The molecule has 0 amide bonds. The lowest BCUT2D eigenvalue weighted by atomic mass is 9.89. The first-order chi connectivity index (χ1) is 8.13. The molecule has 94 valence electrons. The van der Waals surface area contributed by atoms with Crippen molar-refractivity contribution < 1.29 is 4.39 Å². The Bertz CT molecular complexity index is 376. The van der Waals surface area contributed by atoms with Crippen LogP contribution in [0.25, 0.3) is 0 Å². The van der Waals surface area contributed by atoms with E-state index in [0.717, 1.165) is 22.4 Å². The number of benzene rings is 1. The molecule has 1 fully saturated rings. The van der Waals surface area contributed by atoms with Crippen LogP contribution in [0.4, 0.5) is 4.39 Å². The zero-order valence-electron chi connectivity index (χ0n) is 10.7. The number of rotatable bonds is 3. The van der Waals surface area contributed by atoms with E-state index in [4.69, 9.17) is 0 Å². The van der Waals surface area contributed by atoms with Crippen molar-refractivity contribution in [2.75, 3.05) is 18.6 Å². The summed E-state index contributed by atoms with van der Waals surface area (Å²) in [5.74, 6) is 2.84. The van der Waals surface area contributed by atoms with Crippen molar-refractivity contribution in [1.29, 1.82) is 0 Å². The summed E-state index contributed by atoms with van der Waals surface area (Å²) < 4.78 is 14.2. The molecule has 0 spiro atoms. The van der Waals surface area contributed by atoms with Gasteiger partial charge in [-0.3, -0.25) is 0 Å². The fourth-order valence-corrected chi connectivity index (χ4v) is 4.05. The molecule has 1 aromatic rings. The SMILES string of the molecule is CNC(c1c(C)cc(C)cc1F)C1CCSC1. The lowest BCUT2D eigenvalue weighted by Gasteiger charge is -2.25. The zero-order valence-corrected chi connectivity index (χ0v) is 11.5. The predicted molar refractivity (Wildman–Crippen MR) is 73.1 cm³/mol. The second-order valence-corrected chi connectivity index (χ2v) is 6.02. The first-order valence-electron chi connectivity index (χ1n) is 6.15. The van der Waals surface area contributed by atoms with E-state index in [2.05, 4.69) is 11.4 Å². The summed E-state index contributed by atoms with van der Waals surface area (Å²) in [5.41, 5.74) is 2.93. The van der Waals surface area contributed by atoms with Gasteiger partial charge in [0.25, 0.3) is 0 Å². The number of halogens is 1. The van der Waals surface area contributed by atoms with E-state index in [1.165, 1.54) is 12.2 Å². The minimum absolute atomic E-state index is 0.0567. The van der Waals surface area contributed by atoms with Crippen LogP contribution in [0, 0.1) is 25.6 Å². The zero-order chi connectivity index (χ0) is 12.4. The third-order valence-electron chi connectivity index (χ3n) is 3.54. The summed E-state index contributed by atoms with van der Waals surface area (Å²) in [6, 6.07) is 3.88. The van der Waals surface area contributed by atoms with E-state index in [0.29, 0.717) is 5.92 Å². The summed E-state index contributed by atoms with van der Waals surface area (Å²) in [4.78, 5) is 0. The van der Waals surface area contributed by atoms with Crippen molar-refractivity contribution in [1.82, 2.24) is 5.32 Å². The molecule has 0 saturated carbocycles. The second kappa shape index (κ2) is 5.40. The highest BCUT2D eigenvalue weighted by Gasteiger charge is 2.28. The van der Waals surface area contributed by atoms with Crippen LogP contribution < -0.4 is 5.32 Å². The van der Waals surface area contributed by atoms with Crippen molar-refractivity contribution in [2.45, 2.75) is 26.3 Å². The maximum Gasteiger partial charge on any atom is 0.128 e. The molecule has 2 rings (SSSR count). The maximum absolute atomic E-state index is 14.2. The van der Waals surface area contributed by atoms with Crippen molar-refractivity contribution in [3.05, 3.63) is 34.6 Å². The van der Waals surface area contributed by atoms with Crippen LogP contribution in [0.15, 0.2) is 12.1 Å². The van der Waals surface area contributed by atoms with Gasteiger partial charge in [-0.15, -0.1) is 0 Å². The van der Waals surface area contributed by atoms with Crippen LogP contribution in [0.5, 0.6) is 0 Å². The van der Waals surface area contributed by atoms with Crippen molar-refractivity contribution >= 4 is 11.8 Å². The van der Waals surface area contributed by atoms with E-state index >= 15 is 0 Å². The van der Waals surface area contributed by atoms with E-state index in [1.807, 2.05) is 32.7 Å². The summed E-state index contributed by atoms with van der Waals surface area (Å²) in [6.07, 6.45) is 1.18. The Labute approximate surface area is 107 Å². The van der Waals surface area contributed by atoms with Gasteiger partial charge in [-0.2, -0.15) is 11.8 Å². The Hall–Kier alpha value is -0.540. The van der Waals surface area contributed by atoms with Crippen molar-refractivity contribution in [3.8, 4) is 0 Å². The molecule has 0 bridgehead atoms. The Balaban J connectivity index is 2.36. The average Bonchev–Trinajstić information content (AvgIpc) is 2.76. The summed E-state index contributed by atoms with van der Waals surface area (Å²) in [6.45, 7) is 3.96. The van der Waals surface area contributed by atoms with Gasteiger partial charge in [0.05, 0.1) is 0 Å². The van der Waals surface area contributed by atoms with Crippen LogP contribution in [0.3, 0.4) is 0 Å². The van der Waals surface area contributed by atoms with Gasteiger partial charge in [0.2, 0.25) is 0 Å². The van der Waals surface area contributed by atoms with Gasteiger partial charge >= 0.3 is 0 Å². The summed E-state index contributed by atoms with van der Waals surface area (Å²) in [7, 11) is 1.94. The highest BCUT2D eigenvalue weighted by atomic mass is 32.2. The molecular weight excluding hydrogens is 233 g/mol. The number of hydrogen-bond acceptors (Lipinski definition) is 2. The molecule has 1 nitrogen and oxygen atoms in total. The Kier molecular flexibility index (Phi) is 4.10. The van der Waals surface area contributed by atoms with Crippen LogP contribution in [0.1, 0.15) is 29.2 Å². The smallest absolute Gasteiger partial charge is 0.128 e. The molecule has 1 aromatic carbocycles. The quantitative estimate of drug-likeness (QED) is 0.885. The first kappa shape index (κ1) is 12.9. The highest BCUT2D eigenvalue weighted by Crippen LogP contribution is 2.36. The highest BCUT2D eigenvalue weighted by molar-refractivity contribution is 7.99. The van der Waals surface area contributed by atoms with Gasteiger partial charge in [-0.25, -0.2) is 4.39 Å². The van der Waals surface area contributed by atoms with Gasteiger partial charge in [0.1, 0.15) is 5.82 Å². The van der Waals surface area contributed by atoms with Gasteiger partial charge < -0.3 is 5.32 Å². The lowest BCUT2D eigenvalue weighted by molar-refractivity contribution is 0.402. The van der Waals surface area contributed by atoms with Gasteiger partial charge in [-0.1, -0.05) is 6.07 Å². The van der Waals surface area contributed by atoms with Crippen molar-refractivity contribution in [3.63, 3.8) is 0 Å². The number of aryl methyl sites for hydroxylation is 2. The van der Waals surface area contributed by atoms with Crippen molar-refractivity contribution in [2.24, 2.45) is 5.92 Å². The minimum atomic E-state index is -0.0567. The van der Waals surface area contributed by atoms with Crippen LogP contribution in [-0.2, 0) is 0 Å². The fraction of sp³-hybridized carbons (Fsp3) is 0.571. The Morgan fingerprint density at radius 1 is 1.41 bits per heavy atom. The van der Waals surface area contributed by atoms with Crippen LogP contribution in [0.2, 0.25) is 0 Å². The molecule has 2 atom stereocenters. The number of nitrogens with one attached hydrogen (secondary N) is 1. The van der Waals surface area contributed by atoms with Crippen LogP contribution in [-0.4, -0.2) is 18.6 Å². The fourth-order valence-electron chi connectivity index (χ4n) is 2.75. The summed E-state index contributed by atoms with van der Waals surface area (Å²) in [5, 5.41) is 3.31. The lowest BCUT2D eigenvalue weighted by Crippen LogP contribution is -2.27. The van der Waals surface area contributed by atoms with Gasteiger partial charge in [0, 0.05) is 11.6 Å². The predicted octanol–water partition coefficient (Wildman–Crippen LogP) is 3.46. The molecule has 1 aliphatic rings. The topological polar surface area (TPSA) is 12.0 Å². The molecule has 0 radical (unpaired) electrons. The molecule has 1 saturated heterocycles. The maximum atomic E-state index is 14.2. The Morgan fingerprint density at radius 3 is 2.71 bits per heavy atom. The normalized spacial score (nSPS) is 21.8. The van der Waals surface area contributed by atoms with E-state index in [1.54, 1.807) is 6.07 Å². The molecule has 1 N–H and O–H groups in total. The average molecular weight is 253 g/mol. The molecule has 3 heteroatoms. The minimum Gasteiger partial charge on any atom is -0.313 e. The molecule has 2 unspecified atom stereocenters. The number of thioether (sulfide) groups is 1. The molecule has 17 heavy (non-hydrogen) atoms. The van der Waals surface area contributed by atoms with Gasteiger partial charge in [-0.05, 0) is 61.9 Å². The van der Waals surface area contributed by atoms with E-state index < -0.39 is 0 Å². The summed E-state index contributed by atoms with van der Waals surface area (Å²) >= 11 is 1.97.